The number of nitrogens with zero attached hydrogens (tertiary/aromatic N) is 4. The van der Waals surface area contributed by atoms with Gasteiger partial charge in [-0.05, 0) is 42.5 Å². The van der Waals surface area contributed by atoms with Gasteiger partial charge in [0.25, 0.3) is 0 Å². The van der Waals surface area contributed by atoms with Crippen LogP contribution < -0.4 is 0 Å². The van der Waals surface area contributed by atoms with Crippen LogP contribution in [0, 0.1) is 0 Å². The third-order valence-corrected chi connectivity index (χ3v) is 9.17. The third-order valence-electron chi connectivity index (χ3n) is 5.65. The van der Waals surface area contributed by atoms with Crippen molar-refractivity contribution in [2.24, 2.45) is 0 Å². The van der Waals surface area contributed by atoms with E-state index in [1.165, 1.54) is 22.1 Å². The van der Waals surface area contributed by atoms with Crippen molar-refractivity contribution in [1.82, 2.24) is 19.1 Å². The lowest BCUT2D eigenvalue weighted by atomic mass is 10.1. The molecule has 0 atom stereocenters. The Bertz CT molecular complexity index is 1520. The Morgan fingerprint density at radius 3 is 2.35 bits per heavy atom. The number of hydrogen-bond donors (Lipinski definition) is 0. The summed E-state index contributed by atoms with van der Waals surface area (Å²) in [5.74, 6) is 0.355. The summed E-state index contributed by atoms with van der Waals surface area (Å²) in [5, 5.41) is 9.94. The molecule has 0 saturated heterocycles. The molecule has 0 radical (unpaired) electrons. The SMILES string of the molecule is CCN(CC)S(=O)(=O)c1cccc(-c2nnc(SCC(=O)c3ccc(Cl)cc3Cl)n2-c2ccccc2)c1. The number of Topliss-reactive ketones (excluding diaryl/α,β-unsaturated/α-hetero) is 1. The van der Waals surface area contributed by atoms with Gasteiger partial charge in [-0.3, -0.25) is 9.36 Å². The molecule has 1 heterocycles. The summed E-state index contributed by atoms with van der Waals surface area (Å²) in [6, 6.07) is 20.9. The molecule has 3 aromatic carbocycles. The molecule has 0 aliphatic heterocycles. The Hall–Kier alpha value is -2.69. The average molecular weight is 576 g/mol. The van der Waals surface area contributed by atoms with E-state index in [1.54, 1.807) is 50.2 Å². The van der Waals surface area contributed by atoms with Gasteiger partial charge in [0.2, 0.25) is 10.0 Å². The lowest BCUT2D eigenvalue weighted by molar-refractivity contribution is 0.102. The largest absolute Gasteiger partial charge is 0.293 e. The fourth-order valence-corrected chi connectivity index (χ4v) is 6.65. The summed E-state index contributed by atoms with van der Waals surface area (Å²) in [5.41, 5.74) is 1.74. The second-order valence-corrected chi connectivity index (χ2v) is 11.7. The molecule has 0 saturated carbocycles. The van der Waals surface area contributed by atoms with E-state index in [1.807, 2.05) is 34.9 Å². The molecule has 4 aromatic rings. The van der Waals surface area contributed by atoms with E-state index in [9.17, 15) is 13.2 Å². The van der Waals surface area contributed by atoms with Crippen molar-refractivity contribution < 1.29 is 13.2 Å². The topological polar surface area (TPSA) is 85.2 Å². The fraction of sp³-hybridized carbons (Fsp3) is 0.192. The predicted molar refractivity (Wildman–Crippen MR) is 148 cm³/mol. The summed E-state index contributed by atoms with van der Waals surface area (Å²) in [6.45, 7) is 4.35. The minimum absolute atomic E-state index is 0.0721. The first-order valence-electron chi connectivity index (χ1n) is 11.5. The number of carbonyl (C=O) groups excluding carboxylic acids is 1. The fourth-order valence-electron chi connectivity index (χ4n) is 3.79. The molecule has 0 fully saturated rings. The van der Waals surface area contributed by atoms with E-state index in [-0.39, 0.29) is 21.5 Å². The molecule has 0 bridgehead atoms. The first-order valence-corrected chi connectivity index (χ1v) is 14.7. The molecule has 192 valence electrons. The van der Waals surface area contributed by atoms with Gasteiger partial charge >= 0.3 is 0 Å². The number of aromatic nitrogens is 3. The number of ketones is 1. The van der Waals surface area contributed by atoms with Crippen LogP contribution in [0.4, 0.5) is 0 Å². The molecule has 0 spiro atoms. The first kappa shape index (κ1) is 27.3. The third kappa shape index (κ3) is 5.91. The molecule has 1 aromatic heterocycles. The quantitative estimate of drug-likeness (QED) is 0.164. The van der Waals surface area contributed by atoms with Gasteiger partial charge in [0, 0.05) is 34.9 Å². The highest BCUT2D eigenvalue weighted by molar-refractivity contribution is 7.99. The van der Waals surface area contributed by atoms with Crippen LogP contribution in [0.3, 0.4) is 0 Å². The second-order valence-electron chi connectivity index (χ2n) is 7.93. The van der Waals surface area contributed by atoms with Gasteiger partial charge in [0.15, 0.2) is 16.8 Å². The van der Waals surface area contributed by atoms with Gasteiger partial charge in [0.1, 0.15) is 0 Å². The lowest BCUT2D eigenvalue weighted by Gasteiger charge is -2.19. The first-order chi connectivity index (χ1) is 17.8. The molecule has 0 aliphatic carbocycles. The molecule has 0 N–H and O–H groups in total. The highest BCUT2D eigenvalue weighted by Gasteiger charge is 2.24. The molecular weight excluding hydrogens is 551 g/mol. The number of sulfonamides is 1. The Labute approximate surface area is 230 Å². The van der Waals surface area contributed by atoms with Crippen LogP contribution in [0.15, 0.2) is 82.8 Å². The molecule has 0 unspecified atom stereocenters. The van der Waals surface area contributed by atoms with E-state index in [2.05, 4.69) is 10.2 Å². The van der Waals surface area contributed by atoms with Crippen LogP contribution in [-0.4, -0.2) is 52.1 Å². The monoisotopic (exact) mass is 574 g/mol. The summed E-state index contributed by atoms with van der Waals surface area (Å²) in [6.07, 6.45) is 0. The maximum atomic E-state index is 13.1. The Balaban J connectivity index is 1.72. The Kier molecular flexibility index (Phi) is 8.71. The maximum Gasteiger partial charge on any atom is 0.243 e. The number of benzene rings is 3. The Morgan fingerprint density at radius 1 is 0.946 bits per heavy atom. The van der Waals surface area contributed by atoms with Gasteiger partial charge in [-0.2, -0.15) is 4.31 Å². The number of para-hydroxylation sites is 1. The highest BCUT2D eigenvalue weighted by atomic mass is 35.5. The van der Waals surface area contributed by atoms with Gasteiger partial charge in [0.05, 0.1) is 15.7 Å². The zero-order valence-corrected chi connectivity index (χ0v) is 23.3. The van der Waals surface area contributed by atoms with Crippen molar-refractivity contribution in [3.63, 3.8) is 0 Å². The smallest absolute Gasteiger partial charge is 0.243 e. The molecule has 4 rings (SSSR count). The van der Waals surface area contributed by atoms with Gasteiger partial charge in [-0.15, -0.1) is 10.2 Å². The normalized spacial score (nSPS) is 11.7. The summed E-state index contributed by atoms with van der Waals surface area (Å²) in [4.78, 5) is 13.1. The molecule has 0 aliphatic rings. The van der Waals surface area contributed by atoms with Gasteiger partial charge in [-0.1, -0.05) is 79.1 Å². The minimum Gasteiger partial charge on any atom is -0.293 e. The van der Waals surface area contributed by atoms with E-state index in [4.69, 9.17) is 23.2 Å². The van der Waals surface area contributed by atoms with Crippen molar-refractivity contribution in [3.8, 4) is 17.1 Å². The summed E-state index contributed by atoms with van der Waals surface area (Å²) >= 11 is 13.4. The van der Waals surface area contributed by atoms with Crippen molar-refractivity contribution >= 4 is 50.8 Å². The second kappa shape index (κ2) is 11.8. The zero-order valence-electron chi connectivity index (χ0n) is 20.1. The molecule has 7 nitrogen and oxygen atoms in total. The van der Waals surface area contributed by atoms with Crippen molar-refractivity contribution in [2.75, 3.05) is 18.8 Å². The molecule has 37 heavy (non-hydrogen) atoms. The van der Waals surface area contributed by atoms with Crippen LogP contribution in [0.1, 0.15) is 24.2 Å². The van der Waals surface area contributed by atoms with Crippen molar-refractivity contribution in [2.45, 2.75) is 23.9 Å². The zero-order chi connectivity index (χ0) is 26.6. The summed E-state index contributed by atoms with van der Waals surface area (Å²) < 4.78 is 29.5. The minimum atomic E-state index is -3.66. The van der Waals surface area contributed by atoms with E-state index >= 15 is 0 Å². The molecule has 11 heteroatoms. The number of thioether (sulfide) groups is 1. The number of rotatable bonds is 10. The molecular formula is C26H24Cl2N4O3S2. The van der Waals surface area contributed by atoms with Crippen molar-refractivity contribution in [1.29, 1.82) is 0 Å². The van der Waals surface area contributed by atoms with Crippen LogP contribution in [0.5, 0.6) is 0 Å². The lowest BCUT2D eigenvalue weighted by Crippen LogP contribution is -2.30. The van der Waals surface area contributed by atoms with Crippen LogP contribution >= 0.6 is 35.0 Å². The number of halogens is 2. The standard InChI is InChI=1S/C26H24Cl2N4O3S2/c1-3-31(4-2)37(34,35)21-12-8-9-18(15-21)25-29-30-26(32(25)20-10-6-5-7-11-20)36-17-24(33)22-14-13-19(27)16-23(22)28/h5-16H,3-4,17H2,1-2H3. The van der Waals surface area contributed by atoms with Crippen LogP contribution in [0.25, 0.3) is 17.1 Å². The van der Waals surface area contributed by atoms with Gasteiger partial charge in [-0.25, -0.2) is 8.42 Å². The number of hydrogen-bond acceptors (Lipinski definition) is 6. The molecule has 0 amide bonds. The number of carbonyl (C=O) groups is 1. The van der Waals surface area contributed by atoms with E-state index in [0.717, 1.165) is 5.69 Å². The van der Waals surface area contributed by atoms with E-state index < -0.39 is 10.0 Å². The predicted octanol–water partition coefficient (Wildman–Crippen LogP) is 6.25. The average Bonchev–Trinajstić information content (AvgIpc) is 3.32. The van der Waals surface area contributed by atoms with Crippen LogP contribution in [0.2, 0.25) is 10.0 Å². The Morgan fingerprint density at radius 2 is 1.68 bits per heavy atom. The van der Waals surface area contributed by atoms with Crippen molar-refractivity contribution in [3.05, 3.63) is 88.4 Å². The van der Waals surface area contributed by atoms with E-state index in [0.29, 0.717) is 40.2 Å². The van der Waals surface area contributed by atoms with Gasteiger partial charge < -0.3 is 0 Å². The van der Waals surface area contributed by atoms with Crippen LogP contribution in [-0.2, 0) is 10.0 Å². The summed E-state index contributed by atoms with van der Waals surface area (Å²) in [7, 11) is -3.66. The highest BCUT2D eigenvalue weighted by Crippen LogP contribution is 2.31. The maximum absolute atomic E-state index is 13.1.